The summed E-state index contributed by atoms with van der Waals surface area (Å²) < 4.78 is 1.65. The van der Waals surface area contributed by atoms with E-state index in [9.17, 15) is 9.90 Å². The molecule has 0 amide bonds. The summed E-state index contributed by atoms with van der Waals surface area (Å²) in [5.41, 5.74) is 0.00349. The monoisotopic (exact) mass is 423 g/mol. The molecule has 9 atom stereocenters. The molecule has 4 saturated carbocycles. The van der Waals surface area contributed by atoms with Crippen LogP contribution in [0, 0.1) is 58.2 Å². The van der Waals surface area contributed by atoms with Gasteiger partial charge in [0.15, 0.2) is 11.5 Å². The van der Waals surface area contributed by atoms with Crippen molar-refractivity contribution in [1.29, 1.82) is 5.26 Å². The highest BCUT2D eigenvalue weighted by atomic mass is 16.3. The van der Waals surface area contributed by atoms with Crippen molar-refractivity contribution in [2.24, 2.45) is 46.8 Å². The average Bonchev–Trinajstić information content (AvgIpc) is 3.28. The molecule has 1 aromatic heterocycles. The Kier molecular flexibility index (Phi) is 5.09. The highest BCUT2D eigenvalue weighted by molar-refractivity contribution is 5.82. The zero-order valence-corrected chi connectivity index (χ0v) is 19.3. The van der Waals surface area contributed by atoms with E-state index >= 15 is 0 Å². The third-order valence-electron chi connectivity index (χ3n) is 10.0. The van der Waals surface area contributed by atoms with Gasteiger partial charge in [-0.1, -0.05) is 13.8 Å². The van der Waals surface area contributed by atoms with E-state index in [-0.39, 0.29) is 17.9 Å². The Morgan fingerprint density at radius 1 is 1.23 bits per heavy atom. The summed E-state index contributed by atoms with van der Waals surface area (Å²) in [5, 5.41) is 23.9. The fourth-order valence-corrected chi connectivity index (χ4v) is 8.90. The summed E-state index contributed by atoms with van der Waals surface area (Å²) in [6.07, 6.45) is 10.8. The van der Waals surface area contributed by atoms with E-state index in [0.717, 1.165) is 43.4 Å². The standard InChI is InChI=1S/C26H37N3O2/c1-16-12-22(23(30)15-29-11-8-18(14-27)28-29)26(3)10-7-20-19-6-9-25(2,31)13-17(19)4-5-21(20)24(16)26/h8,11,16-17,19-22,24,31H,4-7,9-10,12-13,15H2,1-3H3/t16-,17-,19+,20?,21-,22-,24?,25-,26-/m1/s1. The number of carbonyl (C=O) groups excluding carboxylic acids is 1. The minimum absolute atomic E-state index is 0.0931. The summed E-state index contributed by atoms with van der Waals surface area (Å²) in [5.74, 6) is 4.62. The van der Waals surface area contributed by atoms with Gasteiger partial charge in [-0.15, -0.1) is 0 Å². The predicted octanol–water partition coefficient (Wildman–Crippen LogP) is 4.59. The first kappa shape index (κ1) is 21.2. The van der Waals surface area contributed by atoms with Gasteiger partial charge < -0.3 is 5.11 Å². The second-order valence-electron chi connectivity index (χ2n) is 11.9. The van der Waals surface area contributed by atoms with Crippen LogP contribution in [0.15, 0.2) is 12.3 Å². The molecule has 4 fully saturated rings. The summed E-state index contributed by atoms with van der Waals surface area (Å²) in [6.45, 7) is 7.11. The molecular formula is C26H37N3O2. The van der Waals surface area contributed by atoms with Crippen molar-refractivity contribution in [3.8, 4) is 6.07 Å². The molecule has 168 valence electrons. The lowest BCUT2D eigenvalue weighted by Gasteiger charge is -2.57. The molecule has 5 nitrogen and oxygen atoms in total. The molecule has 31 heavy (non-hydrogen) atoms. The van der Waals surface area contributed by atoms with Crippen LogP contribution in [0.2, 0.25) is 0 Å². The maximum absolute atomic E-state index is 13.4. The molecule has 2 unspecified atom stereocenters. The van der Waals surface area contributed by atoms with Crippen LogP contribution in [-0.4, -0.2) is 26.3 Å². The zero-order chi connectivity index (χ0) is 22.0. The van der Waals surface area contributed by atoms with Crippen LogP contribution in [0.4, 0.5) is 0 Å². The van der Waals surface area contributed by atoms with E-state index in [1.807, 2.05) is 13.0 Å². The molecule has 1 aromatic rings. The molecule has 0 radical (unpaired) electrons. The number of nitriles is 1. The van der Waals surface area contributed by atoms with Gasteiger partial charge in [0.2, 0.25) is 0 Å². The molecule has 4 aliphatic carbocycles. The van der Waals surface area contributed by atoms with Crippen molar-refractivity contribution in [1.82, 2.24) is 9.78 Å². The SMILES string of the molecule is C[C@@H]1C[C@H](C(=O)Cn2ccc(C#N)n2)[C@@]2(C)CCC3[C@@H](CC[C@@H]4C[C@](C)(O)CC[C@H]34)C12. The van der Waals surface area contributed by atoms with Crippen LogP contribution in [0.3, 0.4) is 0 Å². The summed E-state index contributed by atoms with van der Waals surface area (Å²) >= 11 is 0. The van der Waals surface area contributed by atoms with Crippen molar-refractivity contribution >= 4 is 5.78 Å². The fraction of sp³-hybridized carbons (Fsp3) is 0.808. The molecule has 0 aliphatic heterocycles. The molecule has 1 heterocycles. The number of aromatic nitrogens is 2. The van der Waals surface area contributed by atoms with Crippen molar-refractivity contribution in [3.63, 3.8) is 0 Å². The van der Waals surface area contributed by atoms with Crippen molar-refractivity contribution in [2.75, 3.05) is 0 Å². The first-order valence-corrected chi connectivity index (χ1v) is 12.4. The predicted molar refractivity (Wildman–Crippen MR) is 118 cm³/mol. The summed E-state index contributed by atoms with van der Waals surface area (Å²) in [4.78, 5) is 13.4. The van der Waals surface area contributed by atoms with Gasteiger partial charge >= 0.3 is 0 Å². The first-order chi connectivity index (χ1) is 14.7. The van der Waals surface area contributed by atoms with Crippen LogP contribution in [0.5, 0.6) is 0 Å². The van der Waals surface area contributed by atoms with Crippen LogP contribution in [0.25, 0.3) is 0 Å². The first-order valence-electron chi connectivity index (χ1n) is 12.4. The highest BCUT2D eigenvalue weighted by Gasteiger charge is 2.60. The van der Waals surface area contributed by atoms with Crippen LogP contribution < -0.4 is 0 Å². The van der Waals surface area contributed by atoms with Crippen LogP contribution >= 0.6 is 0 Å². The molecule has 5 rings (SSSR count). The van der Waals surface area contributed by atoms with E-state index in [1.54, 1.807) is 16.9 Å². The molecule has 0 spiro atoms. The van der Waals surface area contributed by atoms with Gasteiger partial charge in [0.05, 0.1) is 12.1 Å². The molecule has 5 heteroatoms. The number of nitrogens with zero attached hydrogens (tertiary/aromatic N) is 3. The summed E-state index contributed by atoms with van der Waals surface area (Å²) in [7, 11) is 0. The Balaban J connectivity index is 1.34. The minimum Gasteiger partial charge on any atom is -0.390 e. The fourth-order valence-electron chi connectivity index (χ4n) is 8.90. The largest absolute Gasteiger partial charge is 0.390 e. The minimum atomic E-state index is -0.465. The van der Waals surface area contributed by atoms with E-state index in [1.165, 1.54) is 25.7 Å². The number of hydrogen-bond acceptors (Lipinski definition) is 4. The topological polar surface area (TPSA) is 78.9 Å². The Morgan fingerprint density at radius 3 is 2.74 bits per heavy atom. The second kappa shape index (κ2) is 7.44. The average molecular weight is 424 g/mol. The maximum Gasteiger partial charge on any atom is 0.162 e. The maximum atomic E-state index is 13.4. The number of Topliss-reactive ketones (excluding diaryl/α,β-unsaturated/α-hetero) is 1. The lowest BCUT2D eigenvalue weighted by molar-refractivity contribution is -0.133. The Morgan fingerprint density at radius 2 is 2.00 bits per heavy atom. The van der Waals surface area contributed by atoms with E-state index in [4.69, 9.17) is 5.26 Å². The molecule has 0 bridgehead atoms. The summed E-state index contributed by atoms with van der Waals surface area (Å²) in [6, 6.07) is 3.73. The molecule has 0 saturated heterocycles. The molecule has 1 N–H and O–H groups in total. The van der Waals surface area contributed by atoms with Gasteiger partial charge in [-0.2, -0.15) is 10.4 Å². The second-order valence-corrected chi connectivity index (χ2v) is 11.9. The van der Waals surface area contributed by atoms with Gasteiger partial charge in [0.25, 0.3) is 0 Å². The smallest absolute Gasteiger partial charge is 0.162 e. The van der Waals surface area contributed by atoms with Gasteiger partial charge in [0, 0.05) is 12.1 Å². The quantitative estimate of drug-likeness (QED) is 0.771. The Bertz CT molecular complexity index is 899. The van der Waals surface area contributed by atoms with E-state index in [0.29, 0.717) is 29.2 Å². The van der Waals surface area contributed by atoms with Gasteiger partial charge in [-0.05, 0) is 105 Å². The normalized spacial score (nSPS) is 46.5. The number of ketones is 1. The van der Waals surface area contributed by atoms with Gasteiger partial charge in [-0.25, -0.2) is 0 Å². The number of aliphatic hydroxyl groups is 1. The highest BCUT2D eigenvalue weighted by Crippen LogP contribution is 2.66. The molecular weight excluding hydrogens is 386 g/mol. The number of fused-ring (bicyclic) bond motifs is 5. The van der Waals surface area contributed by atoms with Crippen molar-refractivity contribution in [3.05, 3.63) is 18.0 Å². The lowest BCUT2D eigenvalue weighted by atomic mass is 9.48. The van der Waals surface area contributed by atoms with Gasteiger partial charge in [0.1, 0.15) is 6.07 Å². The van der Waals surface area contributed by atoms with Crippen LogP contribution in [0.1, 0.15) is 77.8 Å². The molecule has 0 aromatic carbocycles. The van der Waals surface area contributed by atoms with E-state index in [2.05, 4.69) is 18.9 Å². The number of hydrogen-bond donors (Lipinski definition) is 1. The van der Waals surface area contributed by atoms with E-state index < -0.39 is 5.60 Å². The number of carbonyl (C=O) groups is 1. The van der Waals surface area contributed by atoms with Crippen molar-refractivity contribution < 1.29 is 9.90 Å². The number of rotatable bonds is 3. The Labute approximate surface area is 186 Å². The van der Waals surface area contributed by atoms with Crippen molar-refractivity contribution in [2.45, 2.75) is 84.3 Å². The zero-order valence-electron chi connectivity index (χ0n) is 19.3. The van der Waals surface area contributed by atoms with Gasteiger partial charge in [-0.3, -0.25) is 9.48 Å². The van der Waals surface area contributed by atoms with Crippen LogP contribution in [-0.2, 0) is 11.3 Å². The lowest BCUT2D eigenvalue weighted by Crippen LogP contribution is -2.51. The Hall–Kier alpha value is -1.67. The third-order valence-corrected chi connectivity index (χ3v) is 10.0. The third kappa shape index (κ3) is 3.46. The molecule has 4 aliphatic rings.